The van der Waals surface area contributed by atoms with E-state index >= 15 is 0 Å². The van der Waals surface area contributed by atoms with E-state index in [1.165, 1.54) is 5.57 Å². The summed E-state index contributed by atoms with van der Waals surface area (Å²) in [6.45, 7) is 7.90. The first-order chi connectivity index (χ1) is 4.66. The molecule has 3 N–H and O–H groups in total. The van der Waals surface area contributed by atoms with Crippen LogP contribution in [0, 0.1) is 0 Å². The molecule has 0 aromatic rings. The topological polar surface area (TPSA) is 38.0 Å². The lowest BCUT2D eigenvalue weighted by Gasteiger charge is -2.08. The lowest BCUT2D eigenvalue weighted by molar-refractivity contribution is 0.592. The van der Waals surface area contributed by atoms with Gasteiger partial charge < -0.3 is 11.1 Å². The van der Waals surface area contributed by atoms with Gasteiger partial charge in [0.25, 0.3) is 0 Å². The van der Waals surface area contributed by atoms with E-state index in [9.17, 15) is 0 Å². The van der Waals surface area contributed by atoms with Crippen molar-refractivity contribution in [3.05, 3.63) is 11.6 Å². The van der Waals surface area contributed by atoms with Gasteiger partial charge in [0.2, 0.25) is 0 Å². The van der Waals surface area contributed by atoms with Crippen molar-refractivity contribution < 1.29 is 0 Å². The Kier molecular flexibility index (Phi) is 5.26. The maximum absolute atomic E-state index is 5.41. The van der Waals surface area contributed by atoms with Gasteiger partial charge in [-0.05, 0) is 20.8 Å². The summed E-state index contributed by atoms with van der Waals surface area (Å²) in [7, 11) is 0. The molecule has 0 radical (unpaired) electrons. The molecule has 10 heavy (non-hydrogen) atoms. The second-order valence-electron chi connectivity index (χ2n) is 2.83. The zero-order valence-corrected chi connectivity index (χ0v) is 7.15. The first-order valence-corrected chi connectivity index (χ1v) is 3.73. The Morgan fingerprint density at radius 2 is 2.20 bits per heavy atom. The van der Waals surface area contributed by atoms with Crippen molar-refractivity contribution in [2.75, 3.05) is 13.1 Å². The van der Waals surface area contributed by atoms with Crippen LogP contribution in [-0.4, -0.2) is 19.1 Å². The van der Waals surface area contributed by atoms with E-state index < -0.39 is 0 Å². The van der Waals surface area contributed by atoms with Crippen LogP contribution in [0.4, 0.5) is 0 Å². The van der Waals surface area contributed by atoms with E-state index in [4.69, 9.17) is 5.73 Å². The third kappa shape index (κ3) is 5.79. The summed E-state index contributed by atoms with van der Waals surface area (Å²) in [6, 6.07) is 0.426. The molecule has 0 aromatic heterocycles. The van der Waals surface area contributed by atoms with Crippen LogP contribution < -0.4 is 11.1 Å². The van der Waals surface area contributed by atoms with Crippen molar-refractivity contribution in [1.82, 2.24) is 5.32 Å². The normalized spacial score (nSPS) is 12.8. The standard InChI is InChI=1S/C8H18N2/c1-7(2)4-5-10-8(3)6-9/h4,8,10H,5-6,9H2,1-3H3. The van der Waals surface area contributed by atoms with Crippen LogP contribution in [0.1, 0.15) is 20.8 Å². The van der Waals surface area contributed by atoms with Gasteiger partial charge in [0, 0.05) is 19.1 Å². The monoisotopic (exact) mass is 142 g/mol. The van der Waals surface area contributed by atoms with E-state index in [1.54, 1.807) is 0 Å². The number of nitrogens with one attached hydrogen (secondary N) is 1. The lowest BCUT2D eigenvalue weighted by atomic mass is 10.3. The van der Waals surface area contributed by atoms with E-state index in [2.05, 4.69) is 32.2 Å². The quantitative estimate of drug-likeness (QED) is 0.572. The maximum atomic E-state index is 5.41. The summed E-state index contributed by atoms with van der Waals surface area (Å²) in [4.78, 5) is 0. The van der Waals surface area contributed by atoms with Crippen LogP contribution in [-0.2, 0) is 0 Å². The summed E-state index contributed by atoms with van der Waals surface area (Å²) in [5, 5.41) is 3.26. The number of hydrogen-bond donors (Lipinski definition) is 2. The van der Waals surface area contributed by atoms with Crippen molar-refractivity contribution in [3.8, 4) is 0 Å². The molecule has 0 bridgehead atoms. The fourth-order valence-corrected chi connectivity index (χ4v) is 0.548. The molecule has 0 heterocycles. The second kappa shape index (κ2) is 5.45. The molecule has 60 valence electrons. The molecule has 0 spiro atoms. The van der Waals surface area contributed by atoms with Crippen molar-refractivity contribution in [2.45, 2.75) is 26.8 Å². The number of hydrogen-bond acceptors (Lipinski definition) is 2. The Hall–Kier alpha value is -0.340. The second-order valence-corrected chi connectivity index (χ2v) is 2.83. The molecule has 0 aliphatic rings. The van der Waals surface area contributed by atoms with Crippen LogP contribution in [0.15, 0.2) is 11.6 Å². The van der Waals surface area contributed by atoms with Crippen LogP contribution in [0.5, 0.6) is 0 Å². The van der Waals surface area contributed by atoms with Gasteiger partial charge in [0.1, 0.15) is 0 Å². The summed E-state index contributed by atoms with van der Waals surface area (Å²) < 4.78 is 0. The zero-order valence-electron chi connectivity index (χ0n) is 7.15. The van der Waals surface area contributed by atoms with Crippen molar-refractivity contribution in [3.63, 3.8) is 0 Å². The fraction of sp³-hybridized carbons (Fsp3) is 0.750. The Morgan fingerprint density at radius 1 is 1.60 bits per heavy atom. The number of allylic oxidation sites excluding steroid dienone is 1. The van der Waals surface area contributed by atoms with Gasteiger partial charge in [0.15, 0.2) is 0 Å². The molecular weight excluding hydrogens is 124 g/mol. The largest absolute Gasteiger partial charge is 0.329 e. The molecule has 1 unspecified atom stereocenters. The molecule has 0 aliphatic carbocycles. The lowest BCUT2D eigenvalue weighted by Crippen LogP contribution is -2.33. The first-order valence-electron chi connectivity index (χ1n) is 3.73. The molecule has 0 aromatic carbocycles. The third-order valence-corrected chi connectivity index (χ3v) is 1.33. The molecule has 0 aliphatic heterocycles. The molecule has 0 saturated carbocycles. The molecule has 0 rings (SSSR count). The summed E-state index contributed by atoms with van der Waals surface area (Å²) in [6.07, 6.45) is 2.16. The van der Waals surface area contributed by atoms with Crippen molar-refractivity contribution in [2.24, 2.45) is 5.73 Å². The van der Waals surface area contributed by atoms with Crippen LogP contribution in [0.3, 0.4) is 0 Å². The van der Waals surface area contributed by atoms with E-state index in [-0.39, 0.29) is 0 Å². The Morgan fingerprint density at radius 3 is 2.60 bits per heavy atom. The predicted molar refractivity (Wildman–Crippen MR) is 46.0 cm³/mol. The molecular formula is C8H18N2. The molecule has 0 saturated heterocycles. The van der Waals surface area contributed by atoms with Crippen molar-refractivity contribution in [1.29, 1.82) is 0 Å². The molecule has 2 heteroatoms. The molecule has 0 fully saturated rings. The van der Waals surface area contributed by atoms with Crippen LogP contribution in [0.2, 0.25) is 0 Å². The minimum absolute atomic E-state index is 0.426. The molecule has 1 atom stereocenters. The number of rotatable bonds is 4. The van der Waals surface area contributed by atoms with Gasteiger partial charge >= 0.3 is 0 Å². The SMILES string of the molecule is CC(C)=CCNC(C)CN. The summed E-state index contributed by atoms with van der Waals surface area (Å²) in [5.74, 6) is 0. The van der Waals surface area contributed by atoms with E-state index in [0.717, 1.165) is 6.54 Å². The Labute approximate surface area is 63.5 Å². The van der Waals surface area contributed by atoms with Gasteiger partial charge in [-0.3, -0.25) is 0 Å². The van der Waals surface area contributed by atoms with Gasteiger partial charge in [-0.15, -0.1) is 0 Å². The van der Waals surface area contributed by atoms with Crippen LogP contribution >= 0.6 is 0 Å². The summed E-state index contributed by atoms with van der Waals surface area (Å²) >= 11 is 0. The van der Waals surface area contributed by atoms with Gasteiger partial charge in [-0.2, -0.15) is 0 Å². The maximum Gasteiger partial charge on any atom is 0.0164 e. The smallest absolute Gasteiger partial charge is 0.0164 e. The zero-order chi connectivity index (χ0) is 7.98. The Balaban J connectivity index is 3.28. The highest BCUT2D eigenvalue weighted by molar-refractivity contribution is 4.94. The number of nitrogens with two attached hydrogens (primary N) is 1. The molecule has 0 amide bonds. The fourth-order valence-electron chi connectivity index (χ4n) is 0.548. The van der Waals surface area contributed by atoms with Crippen LogP contribution in [0.25, 0.3) is 0 Å². The van der Waals surface area contributed by atoms with Gasteiger partial charge in [-0.1, -0.05) is 11.6 Å². The Bertz CT molecular complexity index is 104. The van der Waals surface area contributed by atoms with Gasteiger partial charge in [0.05, 0.1) is 0 Å². The van der Waals surface area contributed by atoms with Gasteiger partial charge in [-0.25, -0.2) is 0 Å². The average Bonchev–Trinajstić information content (AvgIpc) is 1.87. The minimum Gasteiger partial charge on any atom is -0.329 e. The highest BCUT2D eigenvalue weighted by Crippen LogP contribution is 1.86. The minimum atomic E-state index is 0.426. The predicted octanol–water partition coefficient (Wildman–Crippen LogP) is 0.889. The van der Waals surface area contributed by atoms with Crippen molar-refractivity contribution >= 4 is 0 Å². The highest BCUT2D eigenvalue weighted by Gasteiger charge is 1.92. The van der Waals surface area contributed by atoms with E-state index in [1.807, 2.05) is 0 Å². The molecule has 2 nitrogen and oxygen atoms in total. The third-order valence-electron chi connectivity index (χ3n) is 1.33. The van der Waals surface area contributed by atoms with E-state index in [0.29, 0.717) is 12.6 Å². The summed E-state index contributed by atoms with van der Waals surface area (Å²) in [5.41, 5.74) is 6.75. The average molecular weight is 142 g/mol. The highest BCUT2D eigenvalue weighted by atomic mass is 14.9. The first kappa shape index (κ1) is 9.66.